The molecule has 1 aromatic heterocycles. The summed E-state index contributed by atoms with van der Waals surface area (Å²) in [6, 6.07) is 2.07. The van der Waals surface area contributed by atoms with Crippen molar-refractivity contribution in [2.24, 2.45) is 0 Å². The molecule has 0 bridgehead atoms. The van der Waals surface area contributed by atoms with Gasteiger partial charge in [0, 0.05) is 12.7 Å². The maximum atomic E-state index is 4.45. The number of allylic oxidation sites excluding steroid dienone is 7. The molecule has 152 valence electrons. The second-order valence-electron chi connectivity index (χ2n) is 6.56. The SMILES string of the molecule is C=CCC=C/C=C/C1=CC(Nc2nccc(NCC)n2)CC=C1.CCN(C)C. The minimum Gasteiger partial charge on any atom is -0.370 e. The lowest BCUT2D eigenvalue weighted by molar-refractivity contribution is 0.434. The van der Waals surface area contributed by atoms with E-state index in [2.05, 4.69) is 83.5 Å². The van der Waals surface area contributed by atoms with Gasteiger partial charge in [-0.25, -0.2) is 4.98 Å². The van der Waals surface area contributed by atoms with Crippen LogP contribution in [0.25, 0.3) is 0 Å². The molecule has 1 atom stereocenters. The van der Waals surface area contributed by atoms with Gasteiger partial charge in [0.1, 0.15) is 5.82 Å². The summed E-state index contributed by atoms with van der Waals surface area (Å²) < 4.78 is 0. The molecule has 1 aromatic rings. The highest BCUT2D eigenvalue weighted by Crippen LogP contribution is 2.16. The molecule has 1 aliphatic carbocycles. The van der Waals surface area contributed by atoms with Crippen LogP contribution in [0.1, 0.15) is 26.7 Å². The molecule has 1 unspecified atom stereocenters. The van der Waals surface area contributed by atoms with Crippen molar-refractivity contribution in [1.82, 2.24) is 14.9 Å². The highest BCUT2D eigenvalue weighted by Gasteiger charge is 2.09. The summed E-state index contributed by atoms with van der Waals surface area (Å²) >= 11 is 0. The fraction of sp³-hybridized carbons (Fsp3) is 0.391. The van der Waals surface area contributed by atoms with Gasteiger partial charge in [-0.3, -0.25) is 0 Å². The molecule has 1 heterocycles. The topological polar surface area (TPSA) is 53.1 Å². The minimum atomic E-state index is 0.202. The van der Waals surface area contributed by atoms with Gasteiger partial charge in [0.25, 0.3) is 0 Å². The van der Waals surface area contributed by atoms with E-state index in [0.29, 0.717) is 5.95 Å². The van der Waals surface area contributed by atoms with Crippen LogP contribution in [-0.2, 0) is 0 Å². The normalized spacial score (nSPS) is 16.0. The Morgan fingerprint density at radius 1 is 1.29 bits per heavy atom. The third-order valence-corrected chi connectivity index (χ3v) is 3.89. The first-order valence-electron chi connectivity index (χ1n) is 9.89. The van der Waals surface area contributed by atoms with E-state index < -0.39 is 0 Å². The minimum absolute atomic E-state index is 0.202. The second-order valence-corrected chi connectivity index (χ2v) is 6.56. The third-order valence-electron chi connectivity index (χ3n) is 3.89. The van der Waals surface area contributed by atoms with E-state index in [-0.39, 0.29) is 6.04 Å². The zero-order valence-corrected chi connectivity index (χ0v) is 17.7. The maximum absolute atomic E-state index is 4.45. The van der Waals surface area contributed by atoms with Crippen molar-refractivity contribution in [3.8, 4) is 0 Å². The average Bonchev–Trinajstić information content (AvgIpc) is 2.69. The standard InChI is InChI=1S/C19H24N4.C4H11N/c1-3-5-6-7-8-10-16-11-9-12-17(15-16)22-19-21-14-13-18(23-19)20-4-2;1-4-5(2)3/h3,6-11,13-15,17H,1,4-5,12H2,2H3,(H2,20,21,22,23);4H2,1-3H3/b7-6?,10-8+;. The summed E-state index contributed by atoms with van der Waals surface area (Å²) in [7, 11) is 4.11. The zero-order chi connectivity index (χ0) is 20.6. The lowest BCUT2D eigenvalue weighted by atomic mass is 10.0. The molecule has 5 heteroatoms. The molecule has 0 spiro atoms. The van der Waals surface area contributed by atoms with Crippen LogP contribution in [0.4, 0.5) is 11.8 Å². The van der Waals surface area contributed by atoms with E-state index in [1.165, 1.54) is 5.57 Å². The predicted molar refractivity (Wildman–Crippen MR) is 123 cm³/mol. The first-order valence-corrected chi connectivity index (χ1v) is 9.89. The highest BCUT2D eigenvalue weighted by molar-refractivity contribution is 5.43. The van der Waals surface area contributed by atoms with Crippen molar-refractivity contribution < 1.29 is 0 Å². The molecular weight excluding hydrogens is 346 g/mol. The number of nitrogens with zero attached hydrogens (tertiary/aromatic N) is 3. The summed E-state index contributed by atoms with van der Waals surface area (Å²) in [5.74, 6) is 1.49. The molecule has 2 N–H and O–H groups in total. The lowest BCUT2D eigenvalue weighted by Crippen LogP contribution is -2.20. The summed E-state index contributed by atoms with van der Waals surface area (Å²) in [5.41, 5.74) is 1.18. The molecule has 0 aromatic carbocycles. The molecule has 5 nitrogen and oxygen atoms in total. The van der Waals surface area contributed by atoms with Gasteiger partial charge in [-0.1, -0.05) is 55.5 Å². The Hall–Kier alpha value is -2.66. The fourth-order valence-corrected chi connectivity index (χ4v) is 2.21. The Labute approximate surface area is 170 Å². The van der Waals surface area contributed by atoms with Crippen molar-refractivity contribution in [3.63, 3.8) is 0 Å². The van der Waals surface area contributed by atoms with Crippen LogP contribution in [0.3, 0.4) is 0 Å². The van der Waals surface area contributed by atoms with Crippen LogP contribution in [0.2, 0.25) is 0 Å². The largest absolute Gasteiger partial charge is 0.370 e. The molecule has 28 heavy (non-hydrogen) atoms. The first-order chi connectivity index (χ1) is 13.6. The monoisotopic (exact) mass is 381 g/mol. The van der Waals surface area contributed by atoms with E-state index in [0.717, 1.165) is 31.7 Å². The Morgan fingerprint density at radius 3 is 2.75 bits per heavy atom. The van der Waals surface area contributed by atoms with Gasteiger partial charge < -0.3 is 15.5 Å². The van der Waals surface area contributed by atoms with E-state index in [1.807, 2.05) is 31.2 Å². The van der Waals surface area contributed by atoms with Crippen LogP contribution < -0.4 is 10.6 Å². The molecule has 0 saturated heterocycles. The quantitative estimate of drug-likeness (QED) is 0.474. The van der Waals surface area contributed by atoms with Crippen molar-refractivity contribution in [2.45, 2.75) is 32.7 Å². The van der Waals surface area contributed by atoms with Gasteiger partial charge in [0.05, 0.1) is 6.04 Å². The van der Waals surface area contributed by atoms with Gasteiger partial charge in [-0.15, -0.1) is 6.58 Å². The molecule has 0 amide bonds. The van der Waals surface area contributed by atoms with E-state index in [9.17, 15) is 0 Å². The lowest BCUT2D eigenvalue weighted by Gasteiger charge is -2.17. The molecular formula is C23H35N5. The maximum Gasteiger partial charge on any atom is 0.225 e. The number of hydrogen-bond acceptors (Lipinski definition) is 5. The van der Waals surface area contributed by atoms with Gasteiger partial charge in [0.15, 0.2) is 0 Å². The van der Waals surface area contributed by atoms with E-state index >= 15 is 0 Å². The molecule has 0 aliphatic heterocycles. The Morgan fingerprint density at radius 2 is 2.07 bits per heavy atom. The van der Waals surface area contributed by atoms with Crippen LogP contribution in [0.15, 0.2) is 73.0 Å². The Balaban J connectivity index is 0.000000696. The number of rotatable bonds is 9. The molecule has 1 aliphatic rings. The highest BCUT2D eigenvalue weighted by atomic mass is 15.1. The molecule has 0 saturated carbocycles. The van der Waals surface area contributed by atoms with Crippen LogP contribution in [0.5, 0.6) is 0 Å². The Bertz CT molecular complexity index is 686. The number of anilines is 2. The molecule has 0 radical (unpaired) electrons. The van der Waals surface area contributed by atoms with Gasteiger partial charge in [0.2, 0.25) is 5.95 Å². The summed E-state index contributed by atoms with van der Waals surface area (Å²) in [5, 5.41) is 6.56. The number of hydrogen-bond donors (Lipinski definition) is 2. The Kier molecular flexibility index (Phi) is 12.0. The summed E-state index contributed by atoms with van der Waals surface area (Å²) in [6.45, 7) is 9.85. The van der Waals surface area contributed by atoms with Crippen LogP contribution in [-0.4, -0.2) is 48.1 Å². The van der Waals surface area contributed by atoms with Gasteiger partial charge >= 0.3 is 0 Å². The van der Waals surface area contributed by atoms with Crippen molar-refractivity contribution in [1.29, 1.82) is 0 Å². The van der Waals surface area contributed by atoms with Gasteiger partial charge in [-0.2, -0.15) is 4.98 Å². The first kappa shape index (κ1) is 23.4. The third kappa shape index (κ3) is 10.5. The van der Waals surface area contributed by atoms with Gasteiger partial charge in [-0.05, 0) is 52.0 Å². The fourth-order valence-electron chi connectivity index (χ4n) is 2.21. The van der Waals surface area contributed by atoms with Crippen molar-refractivity contribution >= 4 is 11.8 Å². The zero-order valence-electron chi connectivity index (χ0n) is 17.7. The van der Waals surface area contributed by atoms with E-state index in [1.54, 1.807) is 6.20 Å². The molecule has 0 fully saturated rings. The average molecular weight is 382 g/mol. The van der Waals surface area contributed by atoms with Crippen LogP contribution >= 0.6 is 0 Å². The number of nitrogens with one attached hydrogen (secondary N) is 2. The van der Waals surface area contributed by atoms with E-state index in [4.69, 9.17) is 0 Å². The van der Waals surface area contributed by atoms with Crippen molar-refractivity contribution in [2.75, 3.05) is 37.8 Å². The summed E-state index contributed by atoms with van der Waals surface area (Å²) in [6.07, 6.45) is 20.2. The predicted octanol–water partition coefficient (Wildman–Crippen LogP) is 4.83. The number of aromatic nitrogens is 2. The smallest absolute Gasteiger partial charge is 0.225 e. The summed E-state index contributed by atoms with van der Waals surface area (Å²) in [4.78, 5) is 10.9. The second kappa shape index (κ2) is 14.4. The van der Waals surface area contributed by atoms with Crippen LogP contribution in [0, 0.1) is 0 Å². The van der Waals surface area contributed by atoms with Crippen molar-refractivity contribution in [3.05, 3.63) is 73.0 Å². The molecule has 2 rings (SSSR count).